The molecule has 0 radical (unpaired) electrons. The SMILES string of the molecule is Cc1[nH]c2ccc(C(=O)N(C)C(C)C)cc2c1C. The Morgan fingerprint density at radius 1 is 1.28 bits per heavy atom. The molecule has 0 spiro atoms. The van der Waals surface area contributed by atoms with Crippen molar-refractivity contribution in [3.05, 3.63) is 35.0 Å². The molecule has 1 aromatic heterocycles. The number of hydrogen-bond donors (Lipinski definition) is 1. The maximum Gasteiger partial charge on any atom is 0.253 e. The number of nitrogens with one attached hydrogen (secondary N) is 1. The third-order valence-electron chi connectivity index (χ3n) is 3.65. The van der Waals surface area contributed by atoms with Crippen LogP contribution < -0.4 is 0 Å². The largest absolute Gasteiger partial charge is 0.358 e. The van der Waals surface area contributed by atoms with Gasteiger partial charge < -0.3 is 9.88 Å². The molecule has 2 rings (SSSR count). The molecule has 0 bridgehead atoms. The van der Waals surface area contributed by atoms with Crippen molar-refractivity contribution in [3.63, 3.8) is 0 Å². The summed E-state index contributed by atoms with van der Waals surface area (Å²) < 4.78 is 0. The molecule has 0 saturated heterocycles. The molecule has 1 N–H and O–H groups in total. The van der Waals surface area contributed by atoms with Crippen molar-refractivity contribution < 1.29 is 4.79 Å². The van der Waals surface area contributed by atoms with Gasteiger partial charge in [0.15, 0.2) is 0 Å². The number of carbonyl (C=O) groups excluding carboxylic acids is 1. The second-order valence-corrected chi connectivity index (χ2v) is 5.15. The number of aryl methyl sites for hydroxylation is 2. The molecule has 3 nitrogen and oxygen atoms in total. The van der Waals surface area contributed by atoms with Crippen molar-refractivity contribution in [3.8, 4) is 0 Å². The number of hydrogen-bond acceptors (Lipinski definition) is 1. The molecule has 96 valence electrons. The molecule has 0 aliphatic carbocycles. The van der Waals surface area contributed by atoms with E-state index < -0.39 is 0 Å². The van der Waals surface area contributed by atoms with Crippen molar-refractivity contribution >= 4 is 16.8 Å². The standard InChI is InChI=1S/C15H20N2O/c1-9(2)17(5)15(18)12-6-7-14-13(8-12)10(3)11(4)16-14/h6-9,16H,1-5H3. The van der Waals surface area contributed by atoms with Gasteiger partial charge in [-0.3, -0.25) is 4.79 Å². The quantitative estimate of drug-likeness (QED) is 0.864. The van der Waals surface area contributed by atoms with Gasteiger partial charge in [-0.15, -0.1) is 0 Å². The summed E-state index contributed by atoms with van der Waals surface area (Å²) in [5.74, 6) is 0.0742. The fourth-order valence-electron chi connectivity index (χ4n) is 2.03. The summed E-state index contributed by atoms with van der Waals surface area (Å²) in [5.41, 5.74) is 4.22. The lowest BCUT2D eigenvalue weighted by atomic mass is 10.1. The highest BCUT2D eigenvalue weighted by Gasteiger charge is 2.15. The molecule has 3 heteroatoms. The Balaban J connectivity index is 2.47. The summed E-state index contributed by atoms with van der Waals surface area (Å²) in [6.07, 6.45) is 0. The molecule has 0 unspecified atom stereocenters. The van der Waals surface area contributed by atoms with E-state index in [2.05, 4.69) is 18.8 Å². The topological polar surface area (TPSA) is 36.1 Å². The van der Waals surface area contributed by atoms with Crippen LogP contribution in [0.2, 0.25) is 0 Å². The third kappa shape index (κ3) is 2.01. The number of rotatable bonds is 2. The summed E-state index contributed by atoms with van der Waals surface area (Å²) in [7, 11) is 1.84. The van der Waals surface area contributed by atoms with Crippen LogP contribution in [-0.2, 0) is 0 Å². The summed E-state index contributed by atoms with van der Waals surface area (Å²) in [4.78, 5) is 17.3. The minimum atomic E-state index is 0.0742. The fraction of sp³-hybridized carbons (Fsp3) is 0.400. The van der Waals surface area contributed by atoms with E-state index in [4.69, 9.17) is 0 Å². The van der Waals surface area contributed by atoms with Crippen LogP contribution in [0.25, 0.3) is 10.9 Å². The van der Waals surface area contributed by atoms with E-state index in [1.165, 1.54) is 5.56 Å². The van der Waals surface area contributed by atoms with Crippen LogP contribution in [0.3, 0.4) is 0 Å². The summed E-state index contributed by atoms with van der Waals surface area (Å²) >= 11 is 0. The zero-order valence-corrected chi connectivity index (χ0v) is 11.7. The molecule has 0 atom stereocenters. The molecule has 2 aromatic rings. The Hall–Kier alpha value is -1.77. The molecule has 18 heavy (non-hydrogen) atoms. The molecular formula is C15H20N2O. The monoisotopic (exact) mass is 244 g/mol. The van der Waals surface area contributed by atoms with E-state index in [-0.39, 0.29) is 11.9 Å². The molecular weight excluding hydrogens is 224 g/mol. The predicted molar refractivity (Wildman–Crippen MR) is 75.0 cm³/mol. The van der Waals surface area contributed by atoms with Crippen molar-refractivity contribution in [1.82, 2.24) is 9.88 Å². The van der Waals surface area contributed by atoms with Gasteiger partial charge in [-0.1, -0.05) is 0 Å². The molecule has 0 fully saturated rings. The van der Waals surface area contributed by atoms with E-state index in [1.54, 1.807) is 4.90 Å². The van der Waals surface area contributed by atoms with Crippen LogP contribution in [0.4, 0.5) is 0 Å². The van der Waals surface area contributed by atoms with Crippen LogP contribution in [0.15, 0.2) is 18.2 Å². The normalized spacial score (nSPS) is 11.2. The molecule has 1 amide bonds. The van der Waals surface area contributed by atoms with Gasteiger partial charge in [-0.25, -0.2) is 0 Å². The van der Waals surface area contributed by atoms with Gasteiger partial charge in [-0.05, 0) is 51.5 Å². The number of amides is 1. The highest BCUT2D eigenvalue weighted by atomic mass is 16.2. The Labute approximate surface area is 108 Å². The van der Waals surface area contributed by atoms with Gasteiger partial charge in [0.1, 0.15) is 0 Å². The first kappa shape index (κ1) is 12.7. The number of fused-ring (bicyclic) bond motifs is 1. The van der Waals surface area contributed by atoms with Gasteiger partial charge >= 0.3 is 0 Å². The lowest BCUT2D eigenvalue weighted by Gasteiger charge is -2.21. The van der Waals surface area contributed by atoms with Crippen molar-refractivity contribution in [1.29, 1.82) is 0 Å². The molecule has 0 aliphatic rings. The Morgan fingerprint density at radius 3 is 2.56 bits per heavy atom. The molecule has 1 aromatic carbocycles. The Morgan fingerprint density at radius 2 is 1.94 bits per heavy atom. The zero-order chi connectivity index (χ0) is 13.4. The van der Waals surface area contributed by atoms with Crippen LogP contribution in [-0.4, -0.2) is 28.9 Å². The number of aromatic nitrogens is 1. The van der Waals surface area contributed by atoms with Gasteiger partial charge in [-0.2, -0.15) is 0 Å². The van der Waals surface area contributed by atoms with Gasteiger partial charge in [0.05, 0.1) is 0 Å². The first-order valence-electron chi connectivity index (χ1n) is 6.28. The molecule has 1 heterocycles. The maximum absolute atomic E-state index is 12.3. The van der Waals surface area contributed by atoms with E-state index >= 15 is 0 Å². The minimum Gasteiger partial charge on any atom is -0.358 e. The average Bonchev–Trinajstić information content (AvgIpc) is 2.63. The molecule has 0 saturated carbocycles. The van der Waals surface area contributed by atoms with E-state index in [1.807, 2.05) is 39.1 Å². The average molecular weight is 244 g/mol. The number of benzene rings is 1. The Bertz CT molecular complexity index is 596. The summed E-state index contributed by atoms with van der Waals surface area (Å²) in [5, 5.41) is 1.13. The van der Waals surface area contributed by atoms with Crippen molar-refractivity contribution in [2.24, 2.45) is 0 Å². The number of nitrogens with zero attached hydrogens (tertiary/aromatic N) is 1. The number of aromatic amines is 1. The zero-order valence-electron chi connectivity index (χ0n) is 11.7. The number of H-pyrrole nitrogens is 1. The van der Waals surface area contributed by atoms with Crippen LogP contribution >= 0.6 is 0 Å². The summed E-state index contributed by atoms with van der Waals surface area (Å²) in [6.45, 7) is 8.16. The predicted octanol–water partition coefficient (Wildman–Crippen LogP) is 3.27. The first-order valence-corrected chi connectivity index (χ1v) is 6.28. The maximum atomic E-state index is 12.3. The lowest BCUT2D eigenvalue weighted by molar-refractivity contribution is 0.0755. The van der Waals surface area contributed by atoms with Gasteiger partial charge in [0, 0.05) is 35.2 Å². The van der Waals surface area contributed by atoms with Gasteiger partial charge in [0.25, 0.3) is 5.91 Å². The van der Waals surface area contributed by atoms with Crippen molar-refractivity contribution in [2.45, 2.75) is 33.7 Å². The smallest absolute Gasteiger partial charge is 0.253 e. The highest BCUT2D eigenvalue weighted by molar-refractivity contribution is 5.99. The Kier molecular flexibility index (Phi) is 3.16. The highest BCUT2D eigenvalue weighted by Crippen LogP contribution is 2.23. The van der Waals surface area contributed by atoms with Gasteiger partial charge in [0.2, 0.25) is 0 Å². The molecule has 0 aliphatic heterocycles. The summed E-state index contributed by atoms with van der Waals surface area (Å²) in [6, 6.07) is 6.06. The number of carbonyl (C=O) groups is 1. The van der Waals surface area contributed by atoms with E-state index in [0.29, 0.717) is 0 Å². The lowest BCUT2D eigenvalue weighted by Crippen LogP contribution is -2.32. The first-order chi connectivity index (χ1) is 8.41. The van der Waals surface area contributed by atoms with Crippen LogP contribution in [0.1, 0.15) is 35.5 Å². The van der Waals surface area contributed by atoms with Crippen LogP contribution in [0.5, 0.6) is 0 Å². The van der Waals surface area contributed by atoms with Crippen molar-refractivity contribution in [2.75, 3.05) is 7.05 Å². The van der Waals surface area contributed by atoms with E-state index in [9.17, 15) is 4.79 Å². The van der Waals surface area contributed by atoms with E-state index in [0.717, 1.165) is 22.2 Å². The second-order valence-electron chi connectivity index (χ2n) is 5.15. The van der Waals surface area contributed by atoms with Crippen LogP contribution in [0, 0.1) is 13.8 Å². The third-order valence-corrected chi connectivity index (χ3v) is 3.65. The second kappa shape index (κ2) is 4.48. The minimum absolute atomic E-state index is 0.0742. The fourth-order valence-corrected chi connectivity index (χ4v) is 2.03.